The predicted octanol–water partition coefficient (Wildman–Crippen LogP) is 1.09. The Morgan fingerprint density at radius 2 is 2.07 bits per heavy atom. The van der Waals surface area contributed by atoms with Gasteiger partial charge < -0.3 is 5.11 Å². The van der Waals surface area contributed by atoms with Gasteiger partial charge >= 0.3 is 6.09 Å². The van der Waals surface area contributed by atoms with Gasteiger partial charge in [-0.1, -0.05) is 11.8 Å². The summed E-state index contributed by atoms with van der Waals surface area (Å²) in [4.78, 5) is 14.2. The third-order valence-electron chi connectivity index (χ3n) is 2.55. The molecule has 0 aromatic heterocycles. The topological polar surface area (TPSA) is 43.8 Å². The molecule has 0 radical (unpaired) electrons. The highest BCUT2D eigenvalue weighted by Gasteiger charge is 2.09. The van der Waals surface area contributed by atoms with E-state index < -0.39 is 6.09 Å². The van der Waals surface area contributed by atoms with E-state index in [1.807, 2.05) is 6.92 Å². The monoisotopic (exact) mass is 210 g/mol. The van der Waals surface area contributed by atoms with Crippen molar-refractivity contribution in [3.8, 4) is 11.8 Å². The molecule has 1 heterocycles. The number of likely N-dealkylation sites (tertiary alicyclic amines) is 1. The van der Waals surface area contributed by atoms with E-state index in [1.165, 1.54) is 17.7 Å². The minimum Gasteiger partial charge on any atom is -0.465 e. The Kier molecular flexibility index (Phi) is 4.99. The van der Waals surface area contributed by atoms with Crippen molar-refractivity contribution in [3.63, 3.8) is 0 Å². The number of hydrogen-bond acceptors (Lipinski definition) is 2. The molecule has 0 atom stereocenters. The molecule has 0 unspecified atom stereocenters. The molecule has 1 amide bonds. The van der Waals surface area contributed by atoms with Gasteiger partial charge in [-0.2, -0.15) is 0 Å². The lowest BCUT2D eigenvalue weighted by Gasteiger charge is -2.12. The normalized spacial score (nSPS) is 15.8. The molecule has 0 aromatic carbocycles. The van der Waals surface area contributed by atoms with Crippen molar-refractivity contribution in [2.45, 2.75) is 19.8 Å². The quantitative estimate of drug-likeness (QED) is 0.709. The van der Waals surface area contributed by atoms with Crippen LogP contribution in [0.1, 0.15) is 19.8 Å². The Balaban J connectivity index is 2.22. The summed E-state index contributed by atoms with van der Waals surface area (Å²) in [6.07, 6.45) is 1.63. The summed E-state index contributed by atoms with van der Waals surface area (Å²) in [7, 11) is 0. The summed E-state index contributed by atoms with van der Waals surface area (Å²) >= 11 is 0. The summed E-state index contributed by atoms with van der Waals surface area (Å²) < 4.78 is 0. The number of carbonyl (C=O) groups is 1. The van der Waals surface area contributed by atoms with Crippen LogP contribution >= 0.6 is 0 Å². The molecule has 15 heavy (non-hydrogen) atoms. The minimum atomic E-state index is -0.895. The SMILES string of the molecule is CCN(CC#CCN1CCCC1)C(=O)O. The predicted molar refractivity (Wildman–Crippen MR) is 58.7 cm³/mol. The van der Waals surface area contributed by atoms with E-state index in [1.54, 1.807) is 0 Å². The van der Waals surface area contributed by atoms with Crippen LogP contribution in [0.2, 0.25) is 0 Å². The van der Waals surface area contributed by atoms with Gasteiger partial charge in [0.25, 0.3) is 0 Å². The molecule has 1 saturated heterocycles. The molecule has 1 N–H and O–H groups in total. The molecule has 0 bridgehead atoms. The lowest BCUT2D eigenvalue weighted by atomic mass is 10.4. The fourth-order valence-corrected chi connectivity index (χ4v) is 1.57. The maximum absolute atomic E-state index is 10.6. The van der Waals surface area contributed by atoms with Gasteiger partial charge in [-0.05, 0) is 32.9 Å². The van der Waals surface area contributed by atoms with E-state index in [0.29, 0.717) is 13.1 Å². The average Bonchev–Trinajstić information content (AvgIpc) is 2.70. The van der Waals surface area contributed by atoms with E-state index in [0.717, 1.165) is 19.6 Å². The van der Waals surface area contributed by atoms with Crippen LogP contribution in [0.25, 0.3) is 0 Å². The summed E-state index contributed by atoms with van der Waals surface area (Å²) in [5.41, 5.74) is 0. The average molecular weight is 210 g/mol. The van der Waals surface area contributed by atoms with Crippen molar-refractivity contribution in [1.82, 2.24) is 9.80 Å². The number of amides is 1. The van der Waals surface area contributed by atoms with Crippen molar-refractivity contribution >= 4 is 6.09 Å². The van der Waals surface area contributed by atoms with Crippen LogP contribution in [0, 0.1) is 11.8 Å². The van der Waals surface area contributed by atoms with Gasteiger partial charge in [0.05, 0.1) is 13.1 Å². The molecule has 4 nitrogen and oxygen atoms in total. The van der Waals surface area contributed by atoms with Crippen LogP contribution in [-0.4, -0.2) is 53.7 Å². The molecule has 0 aromatic rings. The minimum absolute atomic E-state index is 0.319. The van der Waals surface area contributed by atoms with Crippen LogP contribution in [0.3, 0.4) is 0 Å². The molecule has 0 aliphatic carbocycles. The van der Waals surface area contributed by atoms with E-state index in [9.17, 15) is 4.79 Å². The zero-order valence-electron chi connectivity index (χ0n) is 9.20. The maximum Gasteiger partial charge on any atom is 0.408 e. The van der Waals surface area contributed by atoms with Crippen LogP contribution in [-0.2, 0) is 0 Å². The van der Waals surface area contributed by atoms with Gasteiger partial charge in [0, 0.05) is 6.54 Å². The fraction of sp³-hybridized carbons (Fsp3) is 0.727. The fourth-order valence-electron chi connectivity index (χ4n) is 1.57. The summed E-state index contributed by atoms with van der Waals surface area (Å²) in [6, 6.07) is 0. The summed E-state index contributed by atoms with van der Waals surface area (Å²) in [5, 5.41) is 8.73. The highest BCUT2D eigenvalue weighted by Crippen LogP contribution is 2.05. The third kappa shape index (κ3) is 4.22. The molecule has 1 fully saturated rings. The van der Waals surface area contributed by atoms with E-state index in [2.05, 4.69) is 16.7 Å². The van der Waals surface area contributed by atoms with Gasteiger partial charge in [-0.15, -0.1) is 0 Å². The first kappa shape index (κ1) is 11.9. The van der Waals surface area contributed by atoms with Gasteiger partial charge in [-0.25, -0.2) is 4.79 Å². The largest absolute Gasteiger partial charge is 0.465 e. The second-order valence-electron chi connectivity index (χ2n) is 3.63. The van der Waals surface area contributed by atoms with Crippen LogP contribution in [0.15, 0.2) is 0 Å². The summed E-state index contributed by atoms with van der Waals surface area (Å²) in [6.45, 7) is 5.66. The Morgan fingerprint density at radius 3 is 2.60 bits per heavy atom. The molecule has 4 heteroatoms. The molecular formula is C11H18N2O2. The van der Waals surface area contributed by atoms with Gasteiger partial charge in [0.2, 0.25) is 0 Å². The smallest absolute Gasteiger partial charge is 0.408 e. The summed E-state index contributed by atoms with van der Waals surface area (Å²) in [5.74, 6) is 5.92. The Bertz CT molecular complexity index is 261. The molecule has 0 spiro atoms. The first-order valence-corrected chi connectivity index (χ1v) is 5.40. The van der Waals surface area contributed by atoms with Crippen molar-refractivity contribution in [2.75, 3.05) is 32.7 Å². The Morgan fingerprint density at radius 1 is 1.40 bits per heavy atom. The van der Waals surface area contributed by atoms with E-state index >= 15 is 0 Å². The van der Waals surface area contributed by atoms with Crippen LogP contribution in [0.5, 0.6) is 0 Å². The highest BCUT2D eigenvalue weighted by atomic mass is 16.4. The van der Waals surface area contributed by atoms with Crippen molar-refractivity contribution in [3.05, 3.63) is 0 Å². The molecule has 1 aliphatic rings. The van der Waals surface area contributed by atoms with Crippen molar-refractivity contribution < 1.29 is 9.90 Å². The van der Waals surface area contributed by atoms with Crippen molar-refractivity contribution in [2.24, 2.45) is 0 Å². The second kappa shape index (κ2) is 6.31. The van der Waals surface area contributed by atoms with Gasteiger partial charge in [0.1, 0.15) is 0 Å². The number of rotatable bonds is 3. The first-order valence-electron chi connectivity index (χ1n) is 5.40. The zero-order chi connectivity index (χ0) is 11.1. The van der Waals surface area contributed by atoms with Gasteiger partial charge in [0.15, 0.2) is 0 Å². The molecule has 1 aliphatic heterocycles. The number of nitrogens with zero attached hydrogens (tertiary/aromatic N) is 2. The molecule has 0 saturated carbocycles. The van der Waals surface area contributed by atoms with Crippen LogP contribution < -0.4 is 0 Å². The number of hydrogen-bond donors (Lipinski definition) is 1. The standard InChI is InChI=1S/C11H18N2O2/c1-2-13(11(14)15)10-6-5-9-12-7-3-4-8-12/h2-4,7-10H2,1H3,(H,14,15). The number of carboxylic acid groups (broad SMARTS) is 1. The molecule has 1 rings (SSSR count). The Hall–Kier alpha value is -1.21. The van der Waals surface area contributed by atoms with Crippen molar-refractivity contribution in [1.29, 1.82) is 0 Å². The molecule has 84 valence electrons. The lowest BCUT2D eigenvalue weighted by Crippen LogP contribution is -2.29. The zero-order valence-corrected chi connectivity index (χ0v) is 9.20. The van der Waals surface area contributed by atoms with E-state index in [-0.39, 0.29) is 0 Å². The lowest BCUT2D eigenvalue weighted by molar-refractivity contribution is 0.153. The van der Waals surface area contributed by atoms with Crippen LogP contribution in [0.4, 0.5) is 4.79 Å². The van der Waals surface area contributed by atoms with E-state index in [4.69, 9.17) is 5.11 Å². The first-order chi connectivity index (χ1) is 7.24. The maximum atomic E-state index is 10.6. The van der Waals surface area contributed by atoms with Gasteiger partial charge in [-0.3, -0.25) is 9.80 Å². The molecular weight excluding hydrogens is 192 g/mol. The third-order valence-corrected chi connectivity index (χ3v) is 2.55. The second-order valence-corrected chi connectivity index (χ2v) is 3.63. The Labute approximate surface area is 90.9 Å². The highest BCUT2D eigenvalue weighted by molar-refractivity contribution is 5.65.